The van der Waals surface area contributed by atoms with Gasteiger partial charge in [0.2, 0.25) is 17.4 Å². The molecule has 0 bridgehead atoms. The van der Waals surface area contributed by atoms with E-state index in [9.17, 15) is 57.1 Å². The van der Waals surface area contributed by atoms with Gasteiger partial charge < -0.3 is 19.5 Å². The number of hydrogen-bond donors (Lipinski definition) is 2. The van der Waals surface area contributed by atoms with Gasteiger partial charge in [0.05, 0.1) is 12.7 Å². The number of benzene rings is 2. The molecule has 2 aromatic rings. The fourth-order valence-electron chi connectivity index (χ4n) is 8.52. The molecule has 0 saturated heterocycles. The van der Waals surface area contributed by atoms with Crippen molar-refractivity contribution in [2.45, 2.75) is 101 Å². The average Bonchev–Trinajstić information content (AvgIpc) is 3.41. The van der Waals surface area contributed by atoms with E-state index in [0.717, 1.165) is 11.1 Å². The summed E-state index contributed by atoms with van der Waals surface area (Å²) in [6, 6.07) is 4.79. The van der Waals surface area contributed by atoms with Crippen molar-refractivity contribution in [2.75, 3.05) is 25.5 Å². The van der Waals surface area contributed by atoms with Gasteiger partial charge in [0.25, 0.3) is 0 Å². The molecule has 0 amide bonds. The van der Waals surface area contributed by atoms with Crippen LogP contribution in [0, 0.1) is 40.5 Å². The Kier molecular flexibility index (Phi) is 12.3. The number of aryl methyl sites for hydroxylation is 1. The molecule has 0 spiro atoms. The Morgan fingerprint density at radius 2 is 1.45 bits per heavy atom. The molecule has 0 aromatic heterocycles. The normalized spacial score (nSPS) is 24.9. The van der Waals surface area contributed by atoms with Gasteiger partial charge in [-0.05, 0) is 110 Å². The lowest BCUT2D eigenvalue weighted by Crippen LogP contribution is -2.67. The molecule has 18 heteroatoms. The Morgan fingerprint density at radius 3 is 2.06 bits per heavy atom. The van der Waals surface area contributed by atoms with Crippen LogP contribution in [-0.2, 0) is 22.4 Å². The van der Waals surface area contributed by atoms with Gasteiger partial charge in [-0.1, -0.05) is 13.0 Å². The predicted molar refractivity (Wildman–Crippen MR) is 169 cm³/mol. The molecule has 5 unspecified atom stereocenters. The topological polar surface area (TPSA) is 39.7 Å². The van der Waals surface area contributed by atoms with Gasteiger partial charge in [-0.25, -0.2) is 8.78 Å². The monoisotopic (exact) mass is 799 g/mol. The van der Waals surface area contributed by atoms with Crippen LogP contribution in [0.5, 0.6) is 11.5 Å². The summed E-state index contributed by atoms with van der Waals surface area (Å²) < 4.78 is 193. The van der Waals surface area contributed by atoms with Crippen molar-refractivity contribution in [3.63, 3.8) is 0 Å². The van der Waals surface area contributed by atoms with Crippen LogP contribution in [0.3, 0.4) is 0 Å². The zero-order chi connectivity index (χ0) is 39.1. The van der Waals surface area contributed by atoms with Crippen LogP contribution in [0.25, 0.3) is 0 Å². The summed E-state index contributed by atoms with van der Waals surface area (Å²) in [5.74, 6) is -6.85. The first kappa shape index (κ1) is 41.7. The summed E-state index contributed by atoms with van der Waals surface area (Å²) in [7, 11) is 0. The maximum Gasteiger partial charge on any atom is 0.435 e. The van der Waals surface area contributed by atoms with E-state index in [-0.39, 0.29) is 23.5 Å². The Balaban J connectivity index is 1.21. The van der Waals surface area contributed by atoms with Crippen LogP contribution < -0.4 is 10.1 Å². The van der Waals surface area contributed by atoms with Crippen molar-refractivity contribution >= 4 is 12.6 Å². The highest BCUT2D eigenvalue weighted by Crippen LogP contribution is 2.62. The maximum absolute atomic E-state index is 14.9. The Labute approximate surface area is 302 Å². The minimum absolute atomic E-state index is 0.0182. The van der Waals surface area contributed by atoms with Crippen LogP contribution in [0.4, 0.5) is 57.1 Å². The summed E-state index contributed by atoms with van der Waals surface area (Å²) >= 11 is 4.03. The van der Waals surface area contributed by atoms with Gasteiger partial charge in [-0.3, -0.25) is 0 Å². The molecule has 2 aromatic carbocycles. The van der Waals surface area contributed by atoms with Crippen LogP contribution in [0.2, 0.25) is 0 Å². The van der Waals surface area contributed by atoms with E-state index in [0.29, 0.717) is 57.2 Å². The van der Waals surface area contributed by atoms with Crippen molar-refractivity contribution in [3.8, 4) is 11.5 Å². The van der Waals surface area contributed by atoms with E-state index in [1.165, 1.54) is 6.07 Å². The highest BCUT2D eigenvalue weighted by Gasteiger charge is 2.85. The maximum atomic E-state index is 14.9. The minimum atomic E-state index is -6.80. The average molecular weight is 800 g/mol. The van der Waals surface area contributed by atoms with Crippen LogP contribution in [-0.4, -0.2) is 55.7 Å². The molecule has 5 atom stereocenters. The third kappa shape index (κ3) is 7.71. The van der Waals surface area contributed by atoms with E-state index in [1.54, 1.807) is 12.1 Å². The van der Waals surface area contributed by atoms with E-state index in [2.05, 4.69) is 22.7 Å². The van der Waals surface area contributed by atoms with Gasteiger partial charge in [0.1, 0.15) is 5.75 Å². The number of rotatable bonds is 13. The summed E-state index contributed by atoms with van der Waals surface area (Å²) in [4.78, 5) is 0. The van der Waals surface area contributed by atoms with E-state index >= 15 is 0 Å². The second-order valence-electron chi connectivity index (χ2n) is 14.1. The van der Waals surface area contributed by atoms with Crippen LogP contribution >= 0.6 is 12.6 Å². The fraction of sp³-hybridized carbons (Fsp3) is 0.657. The van der Waals surface area contributed by atoms with E-state index in [4.69, 9.17) is 9.47 Å². The zero-order valence-electron chi connectivity index (χ0n) is 28.3. The number of alkyl halides is 9. The Bertz CT molecular complexity index is 1550. The number of halogens is 13. The summed E-state index contributed by atoms with van der Waals surface area (Å²) in [6.45, 7) is -0.0356. The largest absolute Gasteiger partial charge is 0.451 e. The molecule has 2 saturated carbocycles. The minimum Gasteiger partial charge on any atom is -0.451 e. The molecule has 0 heterocycles. The molecular formula is C35H38F13NO3S. The van der Waals surface area contributed by atoms with Crippen molar-refractivity contribution in [2.24, 2.45) is 17.3 Å². The standard InChI is InChI=1S/C35H38F13NO3S/c1-31-11-10-21-20-7-5-19(52-30-28(38)26(36)23(27(37)29(30)39)17-49-12-2-15-53)16-18(20)4-6-22(21)24(31)8-9-25(31)50-13-3-14-51-32(33(40,41)42,34(43,44)45)35(46,47)48/h5,7,16,21-22,24-25,49,53H,2-4,6,8-15,17H2,1H3. The van der Waals surface area contributed by atoms with Gasteiger partial charge >= 0.3 is 24.1 Å². The van der Waals surface area contributed by atoms with Gasteiger partial charge in [0.15, 0.2) is 11.6 Å². The molecule has 298 valence electrons. The molecule has 4 nitrogen and oxygen atoms in total. The first-order valence-electron chi connectivity index (χ1n) is 17.1. The first-order chi connectivity index (χ1) is 24.7. The molecule has 1 N–H and O–H groups in total. The fourth-order valence-corrected chi connectivity index (χ4v) is 8.68. The summed E-state index contributed by atoms with van der Waals surface area (Å²) in [6.07, 6.45) is -17.2. The lowest BCUT2D eigenvalue weighted by atomic mass is 9.55. The van der Waals surface area contributed by atoms with E-state index in [1.807, 2.05) is 6.92 Å². The molecule has 0 aliphatic heterocycles. The number of ether oxygens (including phenoxy) is 3. The highest BCUT2D eigenvalue weighted by atomic mass is 32.1. The predicted octanol–water partition coefficient (Wildman–Crippen LogP) is 10.5. The number of thiol groups is 1. The van der Waals surface area contributed by atoms with Gasteiger partial charge in [-0.15, -0.1) is 0 Å². The smallest absolute Gasteiger partial charge is 0.435 e. The molecule has 3 aliphatic rings. The highest BCUT2D eigenvalue weighted by molar-refractivity contribution is 7.80. The second kappa shape index (κ2) is 15.6. The Hall–Kier alpha value is -2.44. The van der Waals surface area contributed by atoms with Crippen molar-refractivity contribution in [1.82, 2.24) is 5.32 Å². The molecule has 2 fully saturated rings. The lowest BCUT2D eigenvalue weighted by Gasteiger charge is -2.50. The lowest BCUT2D eigenvalue weighted by molar-refractivity contribution is -0.457. The number of hydrogen-bond acceptors (Lipinski definition) is 5. The quantitative estimate of drug-likeness (QED) is 0.0917. The molecule has 53 heavy (non-hydrogen) atoms. The summed E-state index contributed by atoms with van der Waals surface area (Å²) in [5.41, 5.74) is -5.73. The van der Waals surface area contributed by atoms with Crippen molar-refractivity contribution in [1.29, 1.82) is 0 Å². The molecule has 0 radical (unpaired) electrons. The molecule has 5 rings (SSSR count). The first-order valence-corrected chi connectivity index (χ1v) is 17.8. The van der Waals surface area contributed by atoms with Gasteiger partial charge in [-0.2, -0.15) is 60.9 Å². The van der Waals surface area contributed by atoms with Crippen molar-refractivity contribution < 1.29 is 71.3 Å². The molecule has 3 aliphatic carbocycles. The third-order valence-corrected chi connectivity index (χ3v) is 11.4. The molecular weight excluding hydrogens is 761 g/mol. The number of fused-ring (bicyclic) bond motifs is 5. The second-order valence-corrected chi connectivity index (χ2v) is 14.5. The SMILES string of the molecule is CC12CCC3c4ccc(Oc5c(F)c(F)c(CNCCCS)c(F)c5F)cc4CCC3C1CCC2OCCCOC(C(F)(F)F)(C(F)(F)F)C(F)(F)F. The summed E-state index contributed by atoms with van der Waals surface area (Å²) in [5, 5.41) is 2.70. The zero-order valence-corrected chi connectivity index (χ0v) is 29.2. The number of nitrogens with one attached hydrogen (secondary N) is 1. The van der Waals surface area contributed by atoms with Crippen LogP contribution in [0.15, 0.2) is 18.2 Å². The van der Waals surface area contributed by atoms with Crippen molar-refractivity contribution in [3.05, 3.63) is 58.2 Å². The van der Waals surface area contributed by atoms with E-state index < -0.39 is 96.4 Å². The van der Waals surface area contributed by atoms with Gasteiger partial charge in [0, 0.05) is 18.7 Å². The third-order valence-electron chi connectivity index (χ3n) is 11.1. The Morgan fingerprint density at radius 1 is 0.811 bits per heavy atom. The van der Waals surface area contributed by atoms with Crippen LogP contribution in [0.1, 0.15) is 74.5 Å².